The fraction of sp³-hybridized carbons (Fsp3) is 0.333. The van der Waals surface area contributed by atoms with Crippen LogP contribution in [0, 0.1) is 11.8 Å². The number of hydrogen-bond donors (Lipinski definition) is 4. The lowest BCUT2D eigenvalue weighted by Gasteiger charge is -2.28. The third-order valence-corrected chi connectivity index (χ3v) is 5.57. The van der Waals surface area contributed by atoms with Crippen molar-refractivity contribution in [3.8, 4) is 11.8 Å². The third kappa shape index (κ3) is 8.05. The van der Waals surface area contributed by atoms with Crippen molar-refractivity contribution >= 4 is 17.9 Å². The molecule has 0 aliphatic carbocycles. The third-order valence-electron chi connectivity index (χ3n) is 5.57. The molecule has 0 spiro atoms. The van der Waals surface area contributed by atoms with Crippen molar-refractivity contribution < 1.29 is 24.6 Å². The van der Waals surface area contributed by atoms with E-state index in [-0.39, 0.29) is 0 Å². The quantitative estimate of drug-likeness (QED) is 0.276. The number of nitrogens with one attached hydrogen (secondary N) is 2. The number of morpholine rings is 1. The van der Waals surface area contributed by atoms with Gasteiger partial charge in [0.2, 0.25) is 0 Å². The molecule has 1 aliphatic heterocycles. The molecule has 0 saturated carbocycles. The maximum Gasteiger partial charge on any atom is 0.268 e. The summed E-state index contributed by atoms with van der Waals surface area (Å²) >= 11 is 0. The molecule has 0 bridgehead atoms. The minimum absolute atomic E-state index is 0.295. The number of carbonyl (C=O) groups excluding carboxylic acids is 2. The highest BCUT2D eigenvalue weighted by atomic mass is 16.5. The highest BCUT2D eigenvalue weighted by Crippen LogP contribution is 2.12. The first-order valence-electron chi connectivity index (χ1n) is 11.4. The zero-order chi connectivity index (χ0) is 25.3. The maximum absolute atomic E-state index is 12.4. The molecule has 184 valence electrons. The summed E-state index contributed by atoms with van der Waals surface area (Å²) in [7, 11) is 0. The van der Waals surface area contributed by atoms with E-state index in [0.29, 0.717) is 5.56 Å². The Morgan fingerprint density at radius 1 is 1.11 bits per heavy atom. The van der Waals surface area contributed by atoms with Crippen LogP contribution in [0.25, 0.3) is 6.08 Å². The Bertz CT molecular complexity index is 1090. The lowest BCUT2D eigenvalue weighted by Crippen LogP contribution is -2.57. The molecule has 1 atom stereocenters. The first-order valence-corrected chi connectivity index (χ1v) is 11.4. The van der Waals surface area contributed by atoms with Crippen LogP contribution < -0.4 is 10.8 Å². The van der Waals surface area contributed by atoms with Gasteiger partial charge >= 0.3 is 0 Å². The lowest BCUT2D eigenvalue weighted by atomic mass is 9.97. The number of rotatable bonds is 7. The average molecular weight is 478 g/mol. The van der Waals surface area contributed by atoms with Crippen molar-refractivity contribution in [1.29, 1.82) is 0 Å². The SMILES string of the molecule is CC(C)(O)[C@H](NC(=O)c1ccc(C#C/C=C/c2ccc(CN3CCOCC3)cc2)cc1)C(=O)NO. The molecule has 0 aromatic heterocycles. The molecule has 8 nitrogen and oxygen atoms in total. The summed E-state index contributed by atoms with van der Waals surface area (Å²) < 4.78 is 5.39. The minimum Gasteiger partial charge on any atom is -0.388 e. The van der Waals surface area contributed by atoms with Crippen LogP contribution in [0.2, 0.25) is 0 Å². The predicted molar refractivity (Wildman–Crippen MR) is 132 cm³/mol. The van der Waals surface area contributed by atoms with Crippen molar-refractivity contribution in [2.24, 2.45) is 0 Å². The zero-order valence-corrected chi connectivity index (χ0v) is 20.0. The van der Waals surface area contributed by atoms with Crippen molar-refractivity contribution in [3.63, 3.8) is 0 Å². The van der Waals surface area contributed by atoms with Crippen molar-refractivity contribution in [1.82, 2.24) is 15.7 Å². The van der Waals surface area contributed by atoms with E-state index in [9.17, 15) is 14.7 Å². The van der Waals surface area contributed by atoms with E-state index in [4.69, 9.17) is 9.94 Å². The highest BCUT2D eigenvalue weighted by molar-refractivity contribution is 5.97. The van der Waals surface area contributed by atoms with Gasteiger partial charge in [0.05, 0.1) is 18.8 Å². The number of hydroxylamine groups is 1. The molecule has 0 unspecified atom stereocenters. The van der Waals surface area contributed by atoms with Gasteiger partial charge in [0.15, 0.2) is 0 Å². The second kappa shape index (κ2) is 12.3. The number of amides is 2. The Balaban J connectivity index is 1.54. The first kappa shape index (κ1) is 26.1. The van der Waals surface area contributed by atoms with Gasteiger partial charge in [-0.2, -0.15) is 0 Å². The molecule has 1 fully saturated rings. The molecule has 3 rings (SSSR count). The second-order valence-electron chi connectivity index (χ2n) is 8.85. The molecule has 1 heterocycles. The number of hydrogen-bond acceptors (Lipinski definition) is 6. The number of aliphatic hydroxyl groups is 1. The van der Waals surface area contributed by atoms with Crippen LogP contribution in [0.5, 0.6) is 0 Å². The van der Waals surface area contributed by atoms with Crippen molar-refractivity contribution in [3.05, 3.63) is 76.9 Å². The monoisotopic (exact) mass is 477 g/mol. The van der Waals surface area contributed by atoms with Gasteiger partial charge in [-0.15, -0.1) is 0 Å². The maximum atomic E-state index is 12.4. The van der Waals surface area contributed by atoms with E-state index < -0.39 is 23.5 Å². The summed E-state index contributed by atoms with van der Waals surface area (Å²) in [6.07, 6.45) is 3.72. The molecule has 1 aliphatic rings. The molecule has 4 N–H and O–H groups in total. The molecule has 2 aromatic rings. The van der Waals surface area contributed by atoms with Crippen LogP contribution in [0.15, 0.2) is 54.6 Å². The first-order chi connectivity index (χ1) is 16.8. The van der Waals surface area contributed by atoms with Crippen LogP contribution in [0.3, 0.4) is 0 Å². The number of allylic oxidation sites excluding steroid dienone is 1. The summed E-state index contributed by atoms with van der Waals surface area (Å²) in [6.45, 7) is 7.16. The van der Waals surface area contributed by atoms with Crippen LogP contribution in [0.4, 0.5) is 0 Å². The van der Waals surface area contributed by atoms with E-state index in [1.54, 1.807) is 30.3 Å². The zero-order valence-electron chi connectivity index (χ0n) is 20.0. The topological polar surface area (TPSA) is 111 Å². The molecular formula is C27H31N3O5. The molecule has 35 heavy (non-hydrogen) atoms. The van der Waals surface area contributed by atoms with Gasteiger partial charge in [0, 0.05) is 30.8 Å². The molecule has 2 amide bonds. The second-order valence-corrected chi connectivity index (χ2v) is 8.85. The molecule has 0 radical (unpaired) electrons. The fourth-order valence-corrected chi connectivity index (χ4v) is 3.56. The van der Waals surface area contributed by atoms with Gasteiger partial charge in [-0.1, -0.05) is 36.1 Å². The van der Waals surface area contributed by atoms with Gasteiger partial charge in [0.25, 0.3) is 11.8 Å². The Morgan fingerprint density at radius 3 is 2.37 bits per heavy atom. The van der Waals surface area contributed by atoms with E-state index >= 15 is 0 Å². The van der Waals surface area contributed by atoms with E-state index in [1.807, 2.05) is 6.08 Å². The van der Waals surface area contributed by atoms with Gasteiger partial charge in [-0.05, 0) is 61.4 Å². The smallest absolute Gasteiger partial charge is 0.268 e. The lowest BCUT2D eigenvalue weighted by molar-refractivity contribution is -0.136. The number of benzene rings is 2. The number of ether oxygens (including phenoxy) is 1. The average Bonchev–Trinajstić information content (AvgIpc) is 2.86. The molecule has 2 aromatic carbocycles. The van der Waals surface area contributed by atoms with Gasteiger partial charge in [-0.3, -0.25) is 19.7 Å². The summed E-state index contributed by atoms with van der Waals surface area (Å²) in [4.78, 5) is 26.6. The summed E-state index contributed by atoms with van der Waals surface area (Å²) in [6, 6.07) is 13.6. The van der Waals surface area contributed by atoms with Gasteiger partial charge < -0.3 is 15.2 Å². The molecule has 8 heteroatoms. The number of nitrogens with zero attached hydrogens (tertiary/aromatic N) is 1. The Morgan fingerprint density at radius 2 is 1.77 bits per heavy atom. The Kier molecular flexibility index (Phi) is 9.18. The van der Waals surface area contributed by atoms with Gasteiger partial charge in [0.1, 0.15) is 6.04 Å². The molecule has 1 saturated heterocycles. The number of carbonyl (C=O) groups is 2. The van der Waals surface area contributed by atoms with E-state index in [0.717, 1.165) is 44.0 Å². The van der Waals surface area contributed by atoms with Gasteiger partial charge in [-0.25, -0.2) is 5.48 Å². The minimum atomic E-state index is -1.57. The van der Waals surface area contributed by atoms with E-state index in [1.165, 1.54) is 24.9 Å². The Hall–Kier alpha value is -3.48. The van der Waals surface area contributed by atoms with Crippen molar-refractivity contribution in [2.45, 2.75) is 32.0 Å². The predicted octanol–water partition coefficient (Wildman–Crippen LogP) is 1.96. The highest BCUT2D eigenvalue weighted by Gasteiger charge is 2.34. The summed E-state index contributed by atoms with van der Waals surface area (Å²) in [5.41, 5.74) is 3.23. The fourth-order valence-electron chi connectivity index (χ4n) is 3.56. The normalized spacial score (nSPS) is 15.2. The van der Waals surface area contributed by atoms with Crippen LogP contribution in [-0.4, -0.2) is 65.0 Å². The summed E-state index contributed by atoms with van der Waals surface area (Å²) in [5, 5.41) is 21.4. The van der Waals surface area contributed by atoms with Crippen LogP contribution in [-0.2, 0) is 16.1 Å². The Labute approximate surface area is 205 Å². The standard InChI is InChI=1S/C27H31N3O5/c1-27(2,33)24(26(32)29-34)28-25(31)23-13-11-21(12-14-23)6-4-3-5-20-7-9-22(10-8-20)19-30-15-17-35-18-16-30/h3,5,7-14,24,33-34H,15-19H2,1-2H3,(H,28,31)(H,29,32)/b5-3+/t24-/m1/s1. The van der Waals surface area contributed by atoms with Crippen LogP contribution >= 0.6 is 0 Å². The summed E-state index contributed by atoms with van der Waals surface area (Å²) in [5.74, 6) is 4.53. The molecular weight excluding hydrogens is 446 g/mol. The van der Waals surface area contributed by atoms with E-state index in [2.05, 4.69) is 46.3 Å². The largest absolute Gasteiger partial charge is 0.388 e. The van der Waals surface area contributed by atoms with Crippen molar-refractivity contribution in [2.75, 3.05) is 26.3 Å². The van der Waals surface area contributed by atoms with Crippen LogP contribution in [0.1, 0.15) is 40.9 Å².